The van der Waals surface area contributed by atoms with E-state index in [-0.39, 0.29) is 27.7 Å². The number of hydrogen-bond donors (Lipinski definition) is 2. The summed E-state index contributed by atoms with van der Waals surface area (Å²) < 4.78 is 88.5. The van der Waals surface area contributed by atoms with Crippen molar-refractivity contribution in [2.24, 2.45) is 29.6 Å². The second kappa shape index (κ2) is 12.0. The maximum atomic E-state index is 14.1. The lowest BCUT2D eigenvalue weighted by Crippen LogP contribution is -2.42. The van der Waals surface area contributed by atoms with E-state index in [4.69, 9.17) is 4.74 Å². The number of carbonyl (C=O) groups excluding carboxylic acids is 3. The Bertz CT molecular complexity index is 2150. The summed E-state index contributed by atoms with van der Waals surface area (Å²) in [5.41, 5.74) is -2.47. The van der Waals surface area contributed by atoms with E-state index in [2.05, 4.69) is 10.3 Å². The molecule has 2 aliphatic heterocycles. The van der Waals surface area contributed by atoms with Gasteiger partial charge in [0.05, 0.1) is 39.4 Å². The predicted molar refractivity (Wildman–Crippen MR) is 174 cm³/mol. The Balaban J connectivity index is 1.12. The number of nitrogens with one attached hydrogen (secondary N) is 2. The molecule has 0 spiro atoms. The van der Waals surface area contributed by atoms with E-state index in [1.54, 1.807) is 24.3 Å². The molecule has 2 saturated carbocycles. The zero-order valence-corrected chi connectivity index (χ0v) is 27.6. The van der Waals surface area contributed by atoms with Crippen LogP contribution < -0.4 is 19.8 Å². The number of amides is 3. The minimum Gasteiger partial charge on any atom is -0.483 e. The van der Waals surface area contributed by atoms with Crippen LogP contribution in [0.25, 0.3) is 0 Å². The highest BCUT2D eigenvalue weighted by Gasteiger charge is 2.70. The Kier molecular flexibility index (Phi) is 7.90. The van der Waals surface area contributed by atoms with Crippen LogP contribution in [-0.2, 0) is 26.7 Å². The van der Waals surface area contributed by atoms with Crippen molar-refractivity contribution < 1.29 is 45.5 Å². The monoisotopic (exact) mass is 745 g/mol. The average molecular weight is 746 g/mol. The fourth-order valence-corrected chi connectivity index (χ4v) is 11.4. The molecule has 0 unspecified atom stereocenters. The van der Waals surface area contributed by atoms with Gasteiger partial charge in [-0.05, 0) is 54.5 Å². The van der Waals surface area contributed by atoms with Gasteiger partial charge in [0.2, 0.25) is 11.8 Å². The molecule has 7 atom stereocenters. The van der Waals surface area contributed by atoms with Crippen molar-refractivity contribution in [3.8, 4) is 5.75 Å². The fraction of sp³-hybridized carbons (Fsp3) is 0.314. The standard InChI is InChI=1S/C35H25F6N3O5S2/c36-34(37,38)18-8-2-4-10-20(18)42-23(45)14-49-22-12-6-1-7-15(22)24-25-16-13-17(28(25)50-30-29(24)51-33(48)43-30)27-26(16)31(46)44(32(27)47)21-11-5-3-9-19(21)35(39,40)41/h1-12,16-17,24-28H,13-14H2,(H,42,45)(H,43,48)/t16-,17-,24+,25-,26+,27+,28-/m1/s1. The number of nitrogens with zero attached hydrogens (tertiary/aromatic N) is 1. The molecule has 8 nitrogen and oxygen atoms in total. The van der Waals surface area contributed by atoms with Crippen molar-refractivity contribution in [2.45, 2.75) is 35.0 Å². The molecule has 16 heteroatoms. The van der Waals surface area contributed by atoms with E-state index in [9.17, 15) is 45.5 Å². The third kappa shape index (κ3) is 5.45. The topological polar surface area (TPSA) is 109 Å². The number of benzene rings is 3. The van der Waals surface area contributed by atoms with Crippen molar-refractivity contribution in [2.75, 3.05) is 16.8 Å². The van der Waals surface area contributed by atoms with Gasteiger partial charge in [-0.15, -0.1) is 11.8 Å². The number of imide groups is 1. The van der Waals surface area contributed by atoms with Crippen molar-refractivity contribution in [1.82, 2.24) is 4.98 Å². The van der Waals surface area contributed by atoms with Crippen molar-refractivity contribution >= 4 is 52.2 Å². The van der Waals surface area contributed by atoms with Crippen LogP contribution >= 0.6 is 23.1 Å². The number of thiazole rings is 1. The molecule has 1 aromatic heterocycles. The van der Waals surface area contributed by atoms with Gasteiger partial charge in [0.1, 0.15) is 5.75 Å². The number of fused-ring (bicyclic) bond motifs is 9. The lowest BCUT2D eigenvalue weighted by molar-refractivity contribution is -0.138. The molecule has 0 radical (unpaired) electrons. The smallest absolute Gasteiger partial charge is 0.418 e. The summed E-state index contributed by atoms with van der Waals surface area (Å²) in [6, 6.07) is 15.8. The number of carbonyl (C=O) groups is 3. The largest absolute Gasteiger partial charge is 0.483 e. The van der Waals surface area contributed by atoms with E-state index >= 15 is 0 Å². The maximum absolute atomic E-state index is 14.1. The Hall–Kier alpha value is -4.57. The molecule has 2 N–H and O–H groups in total. The van der Waals surface area contributed by atoms with Crippen LogP contribution in [0.2, 0.25) is 0 Å². The van der Waals surface area contributed by atoms with Gasteiger partial charge in [-0.2, -0.15) is 26.3 Å². The summed E-state index contributed by atoms with van der Waals surface area (Å²) in [6.45, 7) is -0.647. The molecule has 2 aliphatic carbocycles. The van der Waals surface area contributed by atoms with Crippen molar-refractivity contribution in [3.05, 3.63) is 104 Å². The highest BCUT2D eigenvalue weighted by atomic mass is 32.2. The first-order chi connectivity index (χ1) is 24.2. The summed E-state index contributed by atoms with van der Waals surface area (Å²) in [4.78, 5) is 57.4. The molecular weight excluding hydrogens is 721 g/mol. The number of hydrogen-bond acceptors (Lipinski definition) is 7. The summed E-state index contributed by atoms with van der Waals surface area (Å²) in [5, 5.41) is 2.54. The lowest BCUT2D eigenvalue weighted by Gasteiger charge is -2.43. The average Bonchev–Trinajstić information content (AvgIpc) is 3.82. The minimum absolute atomic E-state index is 0.230. The van der Waals surface area contributed by atoms with Gasteiger partial charge in [0, 0.05) is 21.6 Å². The minimum atomic E-state index is -4.80. The van der Waals surface area contributed by atoms with Gasteiger partial charge < -0.3 is 15.0 Å². The maximum Gasteiger partial charge on any atom is 0.418 e. The van der Waals surface area contributed by atoms with Gasteiger partial charge in [-0.25, -0.2) is 4.90 Å². The molecule has 3 aromatic carbocycles. The van der Waals surface area contributed by atoms with E-state index in [1.807, 2.05) is 0 Å². The summed E-state index contributed by atoms with van der Waals surface area (Å²) in [5.74, 6) is -5.39. The van der Waals surface area contributed by atoms with Crippen molar-refractivity contribution in [3.63, 3.8) is 0 Å². The third-order valence-electron chi connectivity index (χ3n) is 10.3. The zero-order chi connectivity index (χ0) is 36.0. The van der Waals surface area contributed by atoms with E-state index < -0.39 is 82.9 Å². The number of thioether (sulfide) groups is 1. The van der Waals surface area contributed by atoms with Crippen molar-refractivity contribution in [1.29, 1.82) is 0 Å². The number of rotatable bonds is 6. The predicted octanol–water partition coefficient (Wildman–Crippen LogP) is 7.17. The Labute approximate surface area is 293 Å². The molecule has 2 bridgehead atoms. The first-order valence-corrected chi connectivity index (χ1v) is 17.5. The number of anilines is 2. The molecule has 3 amide bonds. The van der Waals surface area contributed by atoms with Crippen LogP contribution in [0, 0.1) is 29.6 Å². The van der Waals surface area contributed by atoms with Crippen LogP contribution in [0.15, 0.2) is 82.6 Å². The van der Waals surface area contributed by atoms with E-state index in [0.29, 0.717) is 26.8 Å². The van der Waals surface area contributed by atoms with Gasteiger partial charge in [0.25, 0.3) is 5.91 Å². The van der Waals surface area contributed by atoms with Gasteiger partial charge >= 0.3 is 17.2 Å². The molecular formula is C35H25F6N3O5S2. The highest BCUT2D eigenvalue weighted by Crippen LogP contribution is 2.69. The quantitative estimate of drug-likeness (QED) is 0.160. The first kappa shape index (κ1) is 33.6. The number of alkyl halides is 6. The number of para-hydroxylation sites is 3. The van der Waals surface area contributed by atoms with E-state index in [0.717, 1.165) is 35.6 Å². The molecule has 8 rings (SSSR count). The van der Waals surface area contributed by atoms with Gasteiger partial charge in [-0.3, -0.25) is 19.2 Å². The van der Waals surface area contributed by atoms with Crippen LogP contribution in [0.3, 0.4) is 0 Å². The number of ether oxygens (including phenoxy) is 1. The third-order valence-corrected chi connectivity index (χ3v) is 12.9. The summed E-state index contributed by atoms with van der Waals surface area (Å²) >= 11 is 2.37. The van der Waals surface area contributed by atoms with Crippen LogP contribution in [0.1, 0.15) is 33.9 Å². The Morgan fingerprint density at radius 2 is 1.47 bits per heavy atom. The van der Waals surface area contributed by atoms with Gasteiger partial charge in [-0.1, -0.05) is 53.8 Å². The summed E-state index contributed by atoms with van der Waals surface area (Å²) in [6.07, 6.45) is -9.03. The molecule has 3 fully saturated rings. The molecule has 4 aliphatic rings. The first-order valence-electron chi connectivity index (χ1n) is 15.9. The van der Waals surface area contributed by atoms with Crippen LogP contribution in [0.4, 0.5) is 37.7 Å². The summed E-state index contributed by atoms with van der Waals surface area (Å²) in [7, 11) is 0. The number of aromatic amines is 1. The van der Waals surface area contributed by atoms with E-state index in [1.165, 1.54) is 36.0 Å². The second-order valence-corrected chi connectivity index (χ2v) is 15.1. The molecule has 4 aromatic rings. The normalized spacial score (nSPS) is 26.5. The van der Waals surface area contributed by atoms with Gasteiger partial charge in [0.15, 0.2) is 6.61 Å². The number of H-pyrrole nitrogens is 1. The lowest BCUT2D eigenvalue weighted by atomic mass is 9.68. The molecule has 51 heavy (non-hydrogen) atoms. The zero-order valence-electron chi connectivity index (χ0n) is 26.0. The van der Waals surface area contributed by atoms with Crippen LogP contribution in [-0.4, -0.2) is 34.6 Å². The molecule has 3 heterocycles. The number of halogens is 6. The second-order valence-electron chi connectivity index (χ2n) is 12.9. The SMILES string of the molecule is O=C(COc1ccccc1[C@@H]1c2sc(=O)[nH]c2S[C@@H]2[C@@H]3C[C@@H]([C@@H]4C(=O)N(c5ccccc5C(F)(F)F)C(=O)[C@@H]34)[C@H]12)Nc1ccccc1C(F)(F)F. The Morgan fingerprint density at radius 1 is 0.843 bits per heavy atom. The molecule has 264 valence electrons. The van der Waals surface area contributed by atoms with Crippen LogP contribution in [0.5, 0.6) is 5.75 Å². The number of aromatic nitrogens is 1. The molecule has 1 saturated heterocycles. The fourth-order valence-electron chi connectivity index (χ4n) is 8.55. The Morgan fingerprint density at radius 3 is 2.20 bits per heavy atom. The highest BCUT2D eigenvalue weighted by molar-refractivity contribution is 8.00.